The van der Waals surface area contributed by atoms with Crippen LogP contribution in [0.3, 0.4) is 0 Å². The van der Waals surface area contributed by atoms with Gasteiger partial charge >= 0.3 is 5.69 Å². The van der Waals surface area contributed by atoms with Gasteiger partial charge in [-0.15, -0.1) is 0 Å². The summed E-state index contributed by atoms with van der Waals surface area (Å²) in [4.78, 5) is 10.9. The number of nitro benzene ring substituents is 1. The summed E-state index contributed by atoms with van der Waals surface area (Å²) in [6.07, 6.45) is 0. The smallest absolute Gasteiger partial charge is 0.315 e. The molecule has 0 saturated heterocycles. The van der Waals surface area contributed by atoms with E-state index in [2.05, 4.69) is 15.8 Å². The highest BCUT2D eigenvalue weighted by atomic mass is 16.6. The van der Waals surface area contributed by atoms with Crippen LogP contribution in [0.4, 0.5) is 17.1 Å². The Morgan fingerprint density at radius 2 is 1.95 bits per heavy atom. The van der Waals surface area contributed by atoms with Gasteiger partial charge in [0.1, 0.15) is 17.1 Å². The van der Waals surface area contributed by atoms with Gasteiger partial charge in [-0.05, 0) is 32.9 Å². The van der Waals surface area contributed by atoms with E-state index >= 15 is 0 Å². The van der Waals surface area contributed by atoms with Gasteiger partial charge in [0.25, 0.3) is 0 Å². The highest BCUT2D eigenvalue weighted by Gasteiger charge is 2.19. The summed E-state index contributed by atoms with van der Waals surface area (Å²) in [5.74, 6) is 0.713. The maximum absolute atomic E-state index is 11.3. The second kappa shape index (κ2) is 6.25. The van der Waals surface area contributed by atoms with Gasteiger partial charge < -0.3 is 15.2 Å². The third-order valence-electron chi connectivity index (χ3n) is 3.22. The lowest BCUT2D eigenvalue weighted by Gasteiger charge is -2.10. The van der Waals surface area contributed by atoms with Crippen LogP contribution in [0.15, 0.2) is 22.7 Å². The predicted molar refractivity (Wildman–Crippen MR) is 80.6 cm³/mol. The predicted octanol–water partition coefficient (Wildman–Crippen LogP) is 3.24. The Morgan fingerprint density at radius 1 is 1.29 bits per heavy atom. The lowest BCUT2D eigenvalue weighted by molar-refractivity contribution is -0.383. The Kier molecular flexibility index (Phi) is 4.42. The highest BCUT2D eigenvalue weighted by Crippen LogP contribution is 2.33. The number of nitro groups is 1. The monoisotopic (exact) mass is 290 g/mol. The van der Waals surface area contributed by atoms with E-state index in [1.807, 2.05) is 20.8 Å². The van der Waals surface area contributed by atoms with Crippen LogP contribution in [0.1, 0.15) is 23.9 Å². The van der Waals surface area contributed by atoms with Crippen LogP contribution in [0.25, 0.3) is 0 Å². The Balaban J connectivity index is 2.27. The molecule has 7 nitrogen and oxygen atoms in total. The van der Waals surface area contributed by atoms with E-state index in [0.29, 0.717) is 30.2 Å². The molecule has 1 aromatic heterocycles. The number of hydrogen-bond donors (Lipinski definition) is 2. The number of para-hydroxylation sites is 1. The molecule has 0 atom stereocenters. The van der Waals surface area contributed by atoms with Gasteiger partial charge in [-0.1, -0.05) is 11.2 Å². The van der Waals surface area contributed by atoms with Gasteiger partial charge in [-0.2, -0.15) is 0 Å². The summed E-state index contributed by atoms with van der Waals surface area (Å²) in [7, 11) is 0. The van der Waals surface area contributed by atoms with E-state index in [4.69, 9.17) is 4.52 Å². The van der Waals surface area contributed by atoms with Gasteiger partial charge in [0.2, 0.25) is 0 Å². The zero-order valence-corrected chi connectivity index (χ0v) is 12.3. The molecule has 7 heteroatoms. The van der Waals surface area contributed by atoms with Gasteiger partial charge in [0.05, 0.1) is 10.6 Å². The molecule has 2 aromatic rings. The number of aromatic nitrogens is 1. The summed E-state index contributed by atoms with van der Waals surface area (Å²) in [6.45, 7) is 6.61. The number of nitrogens with zero attached hydrogens (tertiary/aromatic N) is 2. The summed E-state index contributed by atoms with van der Waals surface area (Å²) < 4.78 is 5.09. The van der Waals surface area contributed by atoms with Crippen molar-refractivity contribution in [2.24, 2.45) is 0 Å². The first-order valence-corrected chi connectivity index (χ1v) is 6.71. The van der Waals surface area contributed by atoms with Crippen LogP contribution in [0, 0.1) is 24.0 Å². The van der Waals surface area contributed by atoms with Crippen molar-refractivity contribution >= 4 is 17.1 Å². The number of aryl methyl sites for hydroxylation is 2. The number of rotatable bonds is 6. The van der Waals surface area contributed by atoms with Crippen LogP contribution < -0.4 is 10.6 Å². The Labute approximate surface area is 122 Å². The number of anilines is 2. The van der Waals surface area contributed by atoms with Crippen molar-refractivity contribution in [1.82, 2.24) is 5.16 Å². The minimum absolute atomic E-state index is 0.0473. The molecule has 1 aromatic carbocycles. The van der Waals surface area contributed by atoms with Crippen LogP contribution in [0.5, 0.6) is 0 Å². The fourth-order valence-electron chi connectivity index (χ4n) is 2.15. The molecule has 112 valence electrons. The molecular formula is C14H18N4O3. The minimum atomic E-state index is -0.381. The number of hydrogen-bond acceptors (Lipinski definition) is 6. The molecule has 0 amide bonds. The summed E-state index contributed by atoms with van der Waals surface area (Å²) >= 11 is 0. The van der Waals surface area contributed by atoms with Crippen molar-refractivity contribution < 1.29 is 9.45 Å². The van der Waals surface area contributed by atoms with E-state index in [0.717, 1.165) is 11.3 Å². The molecule has 0 unspecified atom stereocenters. The van der Waals surface area contributed by atoms with Gasteiger partial charge in [0.15, 0.2) is 0 Å². The molecule has 0 radical (unpaired) electrons. The molecule has 1 heterocycles. The van der Waals surface area contributed by atoms with Crippen LogP contribution in [-0.4, -0.2) is 16.6 Å². The Bertz CT molecular complexity index is 632. The fraction of sp³-hybridized carbons (Fsp3) is 0.357. The summed E-state index contributed by atoms with van der Waals surface area (Å²) in [5, 5.41) is 21.3. The molecule has 0 aliphatic carbocycles. The maximum atomic E-state index is 11.3. The topological polar surface area (TPSA) is 93.2 Å². The zero-order chi connectivity index (χ0) is 15.4. The van der Waals surface area contributed by atoms with E-state index in [1.54, 1.807) is 18.2 Å². The first-order valence-electron chi connectivity index (χ1n) is 6.71. The average molecular weight is 290 g/mol. The average Bonchev–Trinajstić information content (AvgIpc) is 2.76. The molecule has 0 spiro atoms. The summed E-state index contributed by atoms with van der Waals surface area (Å²) in [5.41, 5.74) is 2.72. The maximum Gasteiger partial charge on any atom is 0.315 e. The zero-order valence-electron chi connectivity index (χ0n) is 12.3. The minimum Gasteiger partial charge on any atom is -0.380 e. The first kappa shape index (κ1) is 14.8. The number of benzene rings is 1. The van der Waals surface area contributed by atoms with Crippen molar-refractivity contribution in [3.8, 4) is 0 Å². The van der Waals surface area contributed by atoms with Crippen LogP contribution >= 0.6 is 0 Å². The van der Waals surface area contributed by atoms with E-state index in [1.165, 1.54) is 0 Å². The van der Waals surface area contributed by atoms with Gasteiger partial charge in [-0.25, -0.2) is 0 Å². The molecule has 21 heavy (non-hydrogen) atoms. The molecule has 0 fully saturated rings. The standard InChI is InChI=1S/C14H18N4O3/c1-4-15-12-6-5-7-13(14(12)18(19)20)16-8-11-9(2)17-21-10(11)3/h5-7,15-16H,4,8H2,1-3H3. The van der Waals surface area contributed by atoms with Crippen molar-refractivity contribution in [3.63, 3.8) is 0 Å². The van der Waals surface area contributed by atoms with E-state index < -0.39 is 0 Å². The van der Waals surface area contributed by atoms with Crippen molar-refractivity contribution in [2.45, 2.75) is 27.3 Å². The van der Waals surface area contributed by atoms with Crippen molar-refractivity contribution in [2.75, 3.05) is 17.2 Å². The van der Waals surface area contributed by atoms with Crippen molar-refractivity contribution in [3.05, 3.63) is 45.3 Å². The third-order valence-corrected chi connectivity index (χ3v) is 3.22. The van der Waals surface area contributed by atoms with E-state index in [9.17, 15) is 10.1 Å². The summed E-state index contributed by atoms with van der Waals surface area (Å²) in [6, 6.07) is 5.17. The largest absolute Gasteiger partial charge is 0.380 e. The first-order chi connectivity index (χ1) is 10.0. The second-order valence-electron chi connectivity index (χ2n) is 4.65. The fourth-order valence-corrected chi connectivity index (χ4v) is 2.15. The molecular weight excluding hydrogens is 272 g/mol. The molecule has 0 aliphatic rings. The van der Waals surface area contributed by atoms with Gasteiger partial charge in [-0.3, -0.25) is 10.1 Å². The Morgan fingerprint density at radius 3 is 2.48 bits per heavy atom. The molecule has 0 aliphatic heterocycles. The third kappa shape index (κ3) is 3.13. The van der Waals surface area contributed by atoms with Gasteiger partial charge in [0, 0.05) is 18.7 Å². The van der Waals surface area contributed by atoms with Crippen LogP contribution in [-0.2, 0) is 6.54 Å². The normalized spacial score (nSPS) is 10.4. The lowest BCUT2D eigenvalue weighted by Crippen LogP contribution is -2.07. The molecule has 2 N–H and O–H groups in total. The quantitative estimate of drug-likeness (QED) is 0.626. The molecule has 2 rings (SSSR count). The molecule has 0 bridgehead atoms. The molecule has 0 saturated carbocycles. The van der Waals surface area contributed by atoms with Crippen molar-refractivity contribution in [1.29, 1.82) is 0 Å². The Hall–Kier alpha value is -2.57. The second-order valence-corrected chi connectivity index (χ2v) is 4.65. The SMILES string of the molecule is CCNc1cccc(NCc2c(C)noc2C)c1[N+](=O)[O-]. The number of nitrogens with one attached hydrogen (secondary N) is 2. The van der Waals surface area contributed by atoms with Crippen LogP contribution in [0.2, 0.25) is 0 Å². The highest BCUT2D eigenvalue weighted by molar-refractivity contribution is 5.76. The lowest BCUT2D eigenvalue weighted by atomic mass is 10.2. The van der Waals surface area contributed by atoms with E-state index in [-0.39, 0.29) is 10.6 Å².